The first-order valence-electron chi connectivity index (χ1n) is 8.48. The van der Waals surface area contributed by atoms with Crippen molar-refractivity contribution in [1.29, 1.82) is 0 Å². The van der Waals surface area contributed by atoms with Crippen molar-refractivity contribution in [3.05, 3.63) is 22.4 Å². The number of morpholine rings is 1. The number of aliphatic imine (C=N–C) groups is 1. The van der Waals surface area contributed by atoms with Crippen molar-refractivity contribution in [3.8, 4) is 0 Å². The van der Waals surface area contributed by atoms with Crippen molar-refractivity contribution in [2.24, 2.45) is 4.99 Å². The summed E-state index contributed by atoms with van der Waals surface area (Å²) in [5.41, 5.74) is 0.0702. The maximum atomic E-state index is 5.38. The van der Waals surface area contributed by atoms with Crippen molar-refractivity contribution >= 4 is 41.3 Å². The lowest BCUT2D eigenvalue weighted by Gasteiger charge is -2.27. The van der Waals surface area contributed by atoms with Gasteiger partial charge in [-0.05, 0) is 18.4 Å². The molecule has 2 heterocycles. The second-order valence-electron chi connectivity index (χ2n) is 6.44. The van der Waals surface area contributed by atoms with Crippen LogP contribution in [-0.2, 0) is 10.2 Å². The average molecular weight is 466 g/mol. The van der Waals surface area contributed by atoms with Gasteiger partial charge in [-0.3, -0.25) is 9.89 Å². The third-order valence-corrected chi connectivity index (χ3v) is 5.22. The second-order valence-corrected chi connectivity index (χ2v) is 7.38. The molecule has 0 bridgehead atoms. The Morgan fingerprint density at radius 3 is 2.71 bits per heavy atom. The molecule has 1 saturated heterocycles. The van der Waals surface area contributed by atoms with Gasteiger partial charge in [0, 0.05) is 43.0 Å². The van der Waals surface area contributed by atoms with Gasteiger partial charge in [0.25, 0.3) is 0 Å². The first-order valence-corrected chi connectivity index (χ1v) is 9.36. The number of ether oxygens (including phenoxy) is 1. The van der Waals surface area contributed by atoms with Crippen LogP contribution in [0.15, 0.2) is 22.5 Å². The molecule has 0 radical (unpaired) electrons. The summed E-state index contributed by atoms with van der Waals surface area (Å²) in [6, 6.07) is 4.30. The van der Waals surface area contributed by atoms with Gasteiger partial charge < -0.3 is 15.4 Å². The molecule has 0 aliphatic carbocycles. The Bertz CT molecular complexity index is 473. The van der Waals surface area contributed by atoms with E-state index in [-0.39, 0.29) is 29.4 Å². The van der Waals surface area contributed by atoms with E-state index < -0.39 is 0 Å². The van der Waals surface area contributed by atoms with Crippen LogP contribution in [-0.4, -0.2) is 63.3 Å². The maximum absolute atomic E-state index is 5.38. The van der Waals surface area contributed by atoms with Gasteiger partial charge in [0.2, 0.25) is 0 Å². The number of thiophene rings is 1. The largest absolute Gasteiger partial charge is 0.379 e. The Balaban J connectivity index is 0.00000288. The fraction of sp³-hybridized carbons (Fsp3) is 0.706. The molecule has 0 atom stereocenters. The van der Waals surface area contributed by atoms with E-state index in [2.05, 4.69) is 53.8 Å². The Kier molecular flexibility index (Phi) is 10.2. The van der Waals surface area contributed by atoms with Gasteiger partial charge in [0.15, 0.2) is 5.96 Å². The summed E-state index contributed by atoms with van der Waals surface area (Å²) in [6.45, 7) is 14.0. The molecule has 1 aliphatic heterocycles. The van der Waals surface area contributed by atoms with E-state index >= 15 is 0 Å². The smallest absolute Gasteiger partial charge is 0.191 e. The number of guanidine groups is 1. The number of rotatable bonds is 7. The van der Waals surface area contributed by atoms with Crippen LogP contribution in [0.4, 0.5) is 0 Å². The van der Waals surface area contributed by atoms with Gasteiger partial charge in [0.1, 0.15) is 0 Å². The molecule has 1 aliphatic rings. The van der Waals surface area contributed by atoms with Crippen LogP contribution in [0, 0.1) is 0 Å². The zero-order chi connectivity index (χ0) is 16.5. The molecule has 7 heteroatoms. The molecular formula is C17H31IN4OS. The second kappa shape index (κ2) is 11.3. The van der Waals surface area contributed by atoms with E-state index in [1.807, 2.05) is 0 Å². The van der Waals surface area contributed by atoms with E-state index in [0.29, 0.717) is 0 Å². The lowest BCUT2D eigenvalue weighted by atomic mass is 9.92. The molecule has 0 amide bonds. The summed E-state index contributed by atoms with van der Waals surface area (Å²) in [7, 11) is 0. The third-order valence-electron chi connectivity index (χ3n) is 3.99. The number of hydrogen-bond donors (Lipinski definition) is 2. The summed E-state index contributed by atoms with van der Waals surface area (Å²) in [6.07, 6.45) is 0. The van der Waals surface area contributed by atoms with Gasteiger partial charge in [-0.1, -0.05) is 19.9 Å². The highest BCUT2D eigenvalue weighted by Crippen LogP contribution is 2.27. The van der Waals surface area contributed by atoms with Crippen LogP contribution in [0.2, 0.25) is 0 Å². The predicted molar refractivity (Wildman–Crippen MR) is 114 cm³/mol. The van der Waals surface area contributed by atoms with Crippen molar-refractivity contribution < 1.29 is 4.74 Å². The minimum atomic E-state index is 0. The summed E-state index contributed by atoms with van der Waals surface area (Å²) in [5.74, 6) is 0.908. The number of halogens is 1. The zero-order valence-electron chi connectivity index (χ0n) is 15.0. The first kappa shape index (κ1) is 21.7. The lowest BCUT2D eigenvalue weighted by molar-refractivity contribution is 0.0389. The normalized spacial score (nSPS) is 16.5. The maximum Gasteiger partial charge on any atom is 0.191 e. The number of nitrogens with one attached hydrogen (secondary N) is 2. The van der Waals surface area contributed by atoms with E-state index in [1.54, 1.807) is 11.3 Å². The molecule has 0 unspecified atom stereocenters. The highest BCUT2D eigenvalue weighted by molar-refractivity contribution is 14.0. The van der Waals surface area contributed by atoms with Gasteiger partial charge in [0.05, 0.1) is 19.8 Å². The minimum absolute atomic E-state index is 0. The van der Waals surface area contributed by atoms with Crippen LogP contribution < -0.4 is 10.6 Å². The zero-order valence-corrected chi connectivity index (χ0v) is 18.2. The lowest BCUT2D eigenvalue weighted by Crippen LogP contribution is -2.44. The van der Waals surface area contributed by atoms with E-state index in [4.69, 9.17) is 9.73 Å². The van der Waals surface area contributed by atoms with Crippen LogP contribution in [0.5, 0.6) is 0 Å². The molecule has 1 fully saturated rings. The Morgan fingerprint density at radius 2 is 2.08 bits per heavy atom. The molecule has 0 aromatic carbocycles. The van der Waals surface area contributed by atoms with E-state index in [0.717, 1.165) is 58.4 Å². The number of hydrogen-bond acceptors (Lipinski definition) is 4. The Morgan fingerprint density at radius 1 is 1.33 bits per heavy atom. The number of nitrogens with zero attached hydrogens (tertiary/aromatic N) is 2. The molecular weight excluding hydrogens is 435 g/mol. The first-order chi connectivity index (χ1) is 11.1. The highest BCUT2D eigenvalue weighted by Gasteiger charge is 2.21. The molecule has 138 valence electrons. The van der Waals surface area contributed by atoms with Crippen molar-refractivity contribution in [2.75, 3.05) is 52.5 Å². The molecule has 2 N–H and O–H groups in total. The quantitative estimate of drug-likeness (QED) is 0.369. The van der Waals surface area contributed by atoms with Crippen LogP contribution >= 0.6 is 35.3 Å². The van der Waals surface area contributed by atoms with Crippen molar-refractivity contribution in [2.45, 2.75) is 26.2 Å². The fourth-order valence-electron chi connectivity index (χ4n) is 2.52. The van der Waals surface area contributed by atoms with Crippen LogP contribution in [0.25, 0.3) is 0 Å². The average Bonchev–Trinajstić information content (AvgIpc) is 3.09. The van der Waals surface area contributed by atoms with Crippen LogP contribution in [0.1, 0.15) is 25.6 Å². The van der Waals surface area contributed by atoms with Gasteiger partial charge in [-0.2, -0.15) is 0 Å². The minimum Gasteiger partial charge on any atom is -0.379 e. The Hall–Kier alpha value is -0.380. The monoisotopic (exact) mass is 466 g/mol. The summed E-state index contributed by atoms with van der Waals surface area (Å²) in [4.78, 5) is 8.59. The SMILES string of the molecule is CCNC(=NCC(C)(C)c1cccs1)NCCN1CCOCC1.I. The summed E-state index contributed by atoms with van der Waals surface area (Å²) < 4.78 is 5.38. The standard InChI is InChI=1S/C17H30N4OS.HI/c1-4-18-16(19-7-8-21-9-11-22-12-10-21)20-14-17(2,3)15-6-5-13-23-15;/h5-6,13H,4,7-12,14H2,1-3H3,(H2,18,19,20);1H. The molecule has 0 spiro atoms. The highest BCUT2D eigenvalue weighted by atomic mass is 127. The molecule has 2 rings (SSSR count). The van der Waals surface area contributed by atoms with Crippen molar-refractivity contribution in [1.82, 2.24) is 15.5 Å². The topological polar surface area (TPSA) is 48.9 Å². The van der Waals surface area contributed by atoms with E-state index in [1.165, 1.54) is 4.88 Å². The van der Waals surface area contributed by atoms with Gasteiger partial charge in [-0.15, -0.1) is 35.3 Å². The summed E-state index contributed by atoms with van der Waals surface area (Å²) >= 11 is 1.80. The van der Waals surface area contributed by atoms with Crippen LogP contribution in [0.3, 0.4) is 0 Å². The van der Waals surface area contributed by atoms with Gasteiger partial charge >= 0.3 is 0 Å². The van der Waals surface area contributed by atoms with Crippen molar-refractivity contribution in [3.63, 3.8) is 0 Å². The fourth-order valence-corrected chi connectivity index (χ4v) is 3.36. The van der Waals surface area contributed by atoms with E-state index in [9.17, 15) is 0 Å². The third kappa shape index (κ3) is 7.25. The van der Waals surface area contributed by atoms with Gasteiger partial charge in [-0.25, -0.2) is 0 Å². The predicted octanol–water partition coefficient (Wildman–Crippen LogP) is 2.53. The molecule has 1 aromatic rings. The molecule has 1 aromatic heterocycles. The summed E-state index contributed by atoms with van der Waals surface area (Å²) in [5, 5.41) is 8.91. The molecule has 24 heavy (non-hydrogen) atoms. The molecule has 0 saturated carbocycles. The Labute approximate surface area is 167 Å². The molecule has 5 nitrogen and oxygen atoms in total.